The van der Waals surface area contributed by atoms with E-state index in [2.05, 4.69) is 207 Å². The summed E-state index contributed by atoms with van der Waals surface area (Å²) in [6.07, 6.45) is 0. The van der Waals surface area contributed by atoms with Crippen LogP contribution in [0.25, 0.3) is 98.3 Å². The Morgan fingerprint density at radius 1 is 0.410 bits per heavy atom. The number of benzene rings is 8. The maximum absolute atomic E-state index is 5.89. The van der Waals surface area contributed by atoms with Gasteiger partial charge in [-0.15, -0.1) is 0 Å². The van der Waals surface area contributed by atoms with Crippen molar-refractivity contribution in [3.8, 4) is 0 Å². The van der Waals surface area contributed by atoms with E-state index in [9.17, 15) is 0 Å². The molecule has 0 saturated carbocycles. The lowest BCUT2D eigenvalue weighted by molar-refractivity contribution is 0.591. The molecule has 0 aliphatic carbocycles. The van der Waals surface area contributed by atoms with E-state index in [4.69, 9.17) is 9.97 Å². The van der Waals surface area contributed by atoms with E-state index in [1.165, 1.54) is 65.3 Å². The third-order valence-corrected chi connectivity index (χ3v) is 13.4. The smallest absolute Gasteiger partial charge is 0.165 e. The third-order valence-electron chi connectivity index (χ3n) is 13.4. The molecule has 0 bridgehead atoms. The molecule has 0 atom stereocenters. The van der Waals surface area contributed by atoms with Crippen molar-refractivity contribution in [2.24, 2.45) is 0 Å². The first-order chi connectivity index (χ1) is 29.5. The average molecular weight is 786 g/mol. The molecule has 5 nitrogen and oxygen atoms in total. The second-order valence-electron chi connectivity index (χ2n) is 19.1. The summed E-state index contributed by atoms with van der Waals surface area (Å²) in [4.78, 5) is 14.2. The minimum atomic E-state index is -0.107. The number of nitrogens with zero attached hydrogens (tertiary/aromatic N) is 5. The van der Waals surface area contributed by atoms with Gasteiger partial charge < -0.3 is 4.90 Å². The molecule has 0 N–H and O–H groups in total. The molecule has 0 spiro atoms. The Morgan fingerprint density at radius 2 is 0.918 bits per heavy atom. The Balaban J connectivity index is 1.28. The number of hydrogen-bond acceptors (Lipinski definition) is 3. The highest BCUT2D eigenvalue weighted by Crippen LogP contribution is 2.50. The molecule has 0 aliphatic heterocycles. The summed E-state index contributed by atoms with van der Waals surface area (Å²) in [7, 11) is 0. The van der Waals surface area contributed by atoms with E-state index in [0.29, 0.717) is 0 Å². The number of para-hydroxylation sites is 2. The lowest BCUT2D eigenvalue weighted by Crippen LogP contribution is -2.15. The second-order valence-corrected chi connectivity index (χ2v) is 19.1. The van der Waals surface area contributed by atoms with Gasteiger partial charge in [-0.05, 0) is 110 Å². The van der Waals surface area contributed by atoms with E-state index >= 15 is 0 Å². The number of fused-ring (bicyclic) bond motifs is 15. The SMILES string of the molecule is CC(C)(C)c1cc(N(c2ccccc2)c2ccccc2)c2c(c1)c1cc3ccccc3c3c4nc5c(nc4n2c13)c1cc(C(C)(C)C)cc2c3cc4ccccc4cc3n5c21. The number of hydrogen-bond donors (Lipinski definition) is 0. The van der Waals surface area contributed by atoms with E-state index in [-0.39, 0.29) is 10.8 Å². The van der Waals surface area contributed by atoms with Crippen LogP contribution in [-0.2, 0) is 10.8 Å². The summed E-state index contributed by atoms with van der Waals surface area (Å²) in [5.41, 5.74) is 14.0. The second kappa shape index (κ2) is 11.7. The zero-order chi connectivity index (χ0) is 41.1. The third kappa shape index (κ3) is 4.66. The molecule has 5 heterocycles. The normalized spacial score (nSPS) is 13.1. The molecule has 0 radical (unpaired) electrons. The molecular formula is C56H43N5. The van der Waals surface area contributed by atoms with E-state index in [1.807, 2.05) is 0 Å². The topological polar surface area (TPSA) is 37.8 Å². The fraction of sp³-hybridized carbons (Fsp3) is 0.143. The van der Waals surface area contributed by atoms with E-state index in [1.54, 1.807) is 0 Å². The summed E-state index contributed by atoms with van der Waals surface area (Å²) in [6.45, 7) is 13.9. The van der Waals surface area contributed by atoms with Crippen LogP contribution in [0.2, 0.25) is 0 Å². The first-order valence-electron chi connectivity index (χ1n) is 21.4. The minimum absolute atomic E-state index is 0.0706. The highest BCUT2D eigenvalue weighted by Gasteiger charge is 2.31. The molecule has 5 aromatic heterocycles. The number of rotatable bonds is 3. The standard InChI is InChI=1S/C56H43N5/c1-55(2,3)35-28-42-40-25-32-17-13-14-18-33(32)27-45(40)60-50(42)44(30-35)48-53(60)58-49-47-39-24-16-15-19-34(39)26-41-43-29-36(56(4,5)6)31-46(51(43)61(52(41)47)54(49)57-48)59(37-20-9-7-10-21-37)38-22-11-8-12-23-38/h7-31H,1-6H3. The van der Waals surface area contributed by atoms with Gasteiger partial charge in [-0.2, -0.15) is 0 Å². The van der Waals surface area contributed by atoms with Gasteiger partial charge in [-0.25, -0.2) is 9.97 Å². The zero-order valence-electron chi connectivity index (χ0n) is 35.2. The largest absolute Gasteiger partial charge is 0.308 e. The molecule has 61 heavy (non-hydrogen) atoms. The van der Waals surface area contributed by atoms with Crippen molar-refractivity contribution in [1.29, 1.82) is 0 Å². The molecule has 13 rings (SSSR count). The number of aromatic nitrogens is 4. The van der Waals surface area contributed by atoms with Crippen molar-refractivity contribution < 1.29 is 0 Å². The molecule has 0 amide bonds. The van der Waals surface area contributed by atoms with Gasteiger partial charge in [0, 0.05) is 43.7 Å². The van der Waals surface area contributed by atoms with Crippen molar-refractivity contribution >= 4 is 115 Å². The highest BCUT2D eigenvalue weighted by atomic mass is 15.2. The quantitative estimate of drug-likeness (QED) is 0.179. The fourth-order valence-electron chi connectivity index (χ4n) is 10.3. The van der Waals surface area contributed by atoms with Crippen LogP contribution in [0.5, 0.6) is 0 Å². The van der Waals surface area contributed by atoms with Gasteiger partial charge in [-0.3, -0.25) is 8.80 Å². The molecule has 13 aromatic rings. The van der Waals surface area contributed by atoms with Crippen LogP contribution in [0, 0.1) is 0 Å². The minimum Gasteiger partial charge on any atom is -0.308 e. The van der Waals surface area contributed by atoms with Gasteiger partial charge in [-0.1, -0.05) is 126 Å². The van der Waals surface area contributed by atoms with Crippen LogP contribution in [-0.4, -0.2) is 18.8 Å². The van der Waals surface area contributed by atoms with Gasteiger partial charge in [0.1, 0.15) is 11.0 Å². The Morgan fingerprint density at radius 3 is 1.59 bits per heavy atom. The predicted octanol–water partition coefficient (Wildman–Crippen LogP) is 15.1. The summed E-state index contributed by atoms with van der Waals surface area (Å²) in [5.74, 6) is 0. The average Bonchev–Trinajstić information content (AvgIpc) is 3.97. The zero-order valence-corrected chi connectivity index (χ0v) is 35.2. The fourth-order valence-corrected chi connectivity index (χ4v) is 10.3. The first kappa shape index (κ1) is 34.6. The summed E-state index contributed by atoms with van der Waals surface area (Å²) >= 11 is 0. The Labute approximate surface area is 352 Å². The van der Waals surface area contributed by atoms with Crippen molar-refractivity contribution in [3.63, 3.8) is 0 Å². The van der Waals surface area contributed by atoms with E-state index in [0.717, 1.165) is 61.2 Å². The lowest BCUT2D eigenvalue weighted by Gasteiger charge is -2.29. The maximum Gasteiger partial charge on any atom is 0.165 e. The molecule has 0 saturated heterocycles. The number of anilines is 3. The van der Waals surface area contributed by atoms with Gasteiger partial charge in [0.2, 0.25) is 0 Å². The summed E-state index contributed by atoms with van der Waals surface area (Å²) in [5, 5.41) is 12.1. The Kier molecular flexibility index (Phi) is 6.66. The van der Waals surface area contributed by atoms with Crippen LogP contribution in [0.1, 0.15) is 52.7 Å². The van der Waals surface area contributed by atoms with Crippen LogP contribution in [0.4, 0.5) is 17.1 Å². The van der Waals surface area contributed by atoms with Crippen LogP contribution < -0.4 is 4.90 Å². The van der Waals surface area contributed by atoms with Crippen molar-refractivity contribution in [3.05, 3.63) is 163 Å². The molecule has 8 aromatic carbocycles. The molecule has 292 valence electrons. The van der Waals surface area contributed by atoms with Gasteiger partial charge in [0.15, 0.2) is 11.3 Å². The highest BCUT2D eigenvalue weighted by molar-refractivity contribution is 6.32. The monoisotopic (exact) mass is 785 g/mol. The Hall–Kier alpha value is -7.24. The van der Waals surface area contributed by atoms with Crippen LogP contribution >= 0.6 is 0 Å². The van der Waals surface area contributed by atoms with Crippen molar-refractivity contribution in [2.75, 3.05) is 4.90 Å². The van der Waals surface area contributed by atoms with Crippen molar-refractivity contribution in [1.82, 2.24) is 18.8 Å². The molecular weight excluding hydrogens is 743 g/mol. The molecule has 5 heteroatoms. The summed E-state index contributed by atoms with van der Waals surface area (Å²) < 4.78 is 4.86. The van der Waals surface area contributed by atoms with Crippen molar-refractivity contribution in [2.45, 2.75) is 52.4 Å². The van der Waals surface area contributed by atoms with E-state index < -0.39 is 0 Å². The first-order valence-corrected chi connectivity index (χ1v) is 21.4. The van der Waals surface area contributed by atoms with Gasteiger partial charge in [0.05, 0.1) is 27.8 Å². The summed E-state index contributed by atoms with van der Waals surface area (Å²) in [6, 6.07) is 55.9. The van der Waals surface area contributed by atoms with Gasteiger partial charge >= 0.3 is 0 Å². The molecule has 0 unspecified atom stereocenters. The van der Waals surface area contributed by atoms with Crippen LogP contribution in [0.3, 0.4) is 0 Å². The molecule has 0 aliphatic rings. The lowest BCUT2D eigenvalue weighted by atomic mass is 9.85. The maximum atomic E-state index is 5.89. The van der Waals surface area contributed by atoms with Crippen LogP contribution in [0.15, 0.2) is 152 Å². The molecule has 0 fully saturated rings. The Bertz CT molecular complexity index is 3900. The van der Waals surface area contributed by atoms with Gasteiger partial charge in [0.25, 0.3) is 0 Å². The predicted molar refractivity (Wildman–Crippen MR) is 258 cm³/mol.